The first-order valence-corrected chi connectivity index (χ1v) is 14.3. The van der Waals surface area contributed by atoms with Crippen molar-refractivity contribution >= 4 is 21.6 Å². The van der Waals surface area contributed by atoms with Crippen molar-refractivity contribution in [2.24, 2.45) is 0 Å². The molecule has 3 aromatic heterocycles. The number of nitrogens with one attached hydrogen (secondary N) is 1. The number of aromatic amines is 1. The molecular formula is C33H29N3O3S. The molecule has 0 radical (unpaired) electrons. The van der Waals surface area contributed by atoms with E-state index in [1.165, 1.54) is 15.8 Å². The third-order valence-electron chi connectivity index (χ3n) is 7.45. The summed E-state index contributed by atoms with van der Waals surface area (Å²) in [6, 6.07) is 28.6. The van der Waals surface area contributed by atoms with Crippen LogP contribution in [0.25, 0.3) is 32.7 Å². The number of fused-ring (bicyclic) bond motifs is 1. The fraction of sp³-hybridized carbons (Fsp3) is 0.182. The third kappa shape index (κ3) is 4.96. The summed E-state index contributed by atoms with van der Waals surface area (Å²) in [6.45, 7) is 4.75. The second-order valence-corrected chi connectivity index (χ2v) is 11.1. The van der Waals surface area contributed by atoms with Crippen LogP contribution in [0.4, 0.5) is 0 Å². The van der Waals surface area contributed by atoms with Gasteiger partial charge in [0.25, 0.3) is 5.56 Å². The van der Waals surface area contributed by atoms with Crippen LogP contribution in [0.3, 0.4) is 0 Å². The fourth-order valence-corrected chi connectivity index (χ4v) is 6.41. The molecule has 0 saturated carbocycles. The molecule has 0 aliphatic heterocycles. The van der Waals surface area contributed by atoms with Gasteiger partial charge in [0.15, 0.2) is 5.82 Å². The highest BCUT2D eigenvalue weighted by atomic mass is 32.1. The highest BCUT2D eigenvalue weighted by Gasteiger charge is 2.18. The van der Waals surface area contributed by atoms with E-state index in [9.17, 15) is 9.59 Å². The summed E-state index contributed by atoms with van der Waals surface area (Å²) in [6.07, 6.45) is 2.48. The molecule has 6 aromatic rings. The van der Waals surface area contributed by atoms with Gasteiger partial charge in [-0.1, -0.05) is 90.9 Å². The van der Waals surface area contributed by atoms with Crippen LogP contribution in [0.15, 0.2) is 99.0 Å². The summed E-state index contributed by atoms with van der Waals surface area (Å²) in [5.41, 5.74) is 7.06. The smallest absolute Gasteiger partial charge is 0.296 e. The standard InChI is InChI=1S/C33H29N3O3S/c1-3-25-19-29-21(2)26(18-15-22-9-5-4-6-10-22)31(37)36(32(29)40-25)20-23-13-16-24(17-14-23)27-11-7-8-12-28(27)30-34-33(38)39-35-30/h4-14,16-17,19H,3,15,18,20H2,1-2H3,(H,34,35,38). The molecule has 3 heterocycles. The lowest BCUT2D eigenvalue weighted by Crippen LogP contribution is -2.26. The van der Waals surface area contributed by atoms with Crippen LogP contribution < -0.4 is 11.3 Å². The molecule has 3 aromatic carbocycles. The minimum atomic E-state index is -0.585. The monoisotopic (exact) mass is 547 g/mol. The molecular weight excluding hydrogens is 518 g/mol. The number of hydrogen-bond acceptors (Lipinski definition) is 5. The fourth-order valence-electron chi connectivity index (χ4n) is 5.26. The van der Waals surface area contributed by atoms with Crippen LogP contribution in [0.5, 0.6) is 0 Å². The summed E-state index contributed by atoms with van der Waals surface area (Å²) in [4.78, 5) is 30.4. The largest absolute Gasteiger partial charge is 0.439 e. The van der Waals surface area contributed by atoms with E-state index in [0.717, 1.165) is 51.1 Å². The molecule has 0 unspecified atom stereocenters. The molecule has 6 rings (SSSR count). The number of hydrogen-bond donors (Lipinski definition) is 1. The van der Waals surface area contributed by atoms with E-state index in [1.807, 2.05) is 59.2 Å². The Labute approximate surface area is 235 Å². The van der Waals surface area contributed by atoms with Gasteiger partial charge in [0.1, 0.15) is 4.83 Å². The second kappa shape index (κ2) is 10.9. The van der Waals surface area contributed by atoms with Crippen LogP contribution in [-0.4, -0.2) is 14.7 Å². The second-order valence-electron chi connectivity index (χ2n) is 9.95. The number of thiophene rings is 1. The minimum absolute atomic E-state index is 0.0924. The van der Waals surface area contributed by atoms with Gasteiger partial charge >= 0.3 is 5.76 Å². The summed E-state index contributed by atoms with van der Waals surface area (Å²) in [5, 5.41) is 5.04. The number of rotatable bonds is 8. The number of nitrogens with zero attached hydrogens (tertiary/aromatic N) is 2. The van der Waals surface area contributed by atoms with Crippen molar-refractivity contribution < 1.29 is 4.52 Å². The third-order valence-corrected chi connectivity index (χ3v) is 8.75. The van der Waals surface area contributed by atoms with E-state index in [0.29, 0.717) is 18.8 Å². The quantitative estimate of drug-likeness (QED) is 0.228. The normalized spacial score (nSPS) is 11.3. The Bertz CT molecular complexity index is 1910. The predicted octanol–water partition coefficient (Wildman–Crippen LogP) is 6.78. The Morgan fingerprint density at radius 3 is 2.30 bits per heavy atom. The van der Waals surface area contributed by atoms with Gasteiger partial charge in [-0.15, -0.1) is 11.3 Å². The summed E-state index contributed by atoms with van der Waals surface area (Å²) in [7, 11) is 0. The summed E-state index contributed by atoms with van der Waals surface area (Å²) < 4.78 is 6.67. The predicted molar refractivity (Wildman–Crippen MR) is 161 cm³/mol. The minimum Gasteiger partial charge on any atom is -0.296 e. The lowest BCUT2D eigenvalue weighted by Gasteiger charge is -2.14. The number of pyridine rings is 1. The SMILES string of the molecule is CCc1cc2c(C)c(CCc3ccccc3)c(=O)n(Cc3ccc(-c4ccccc4-c4noc(=O)[nH]4)cc3)c2s1. The van der Waals surface area contributed by atoms with Crippen molar-refractivity contribution in [2.75, 3.05) is 0 Å². The summed E-state index contributed by atoms with van der Waals surface area (Å²) >= 11 is 1.71. The van der Waals surface area contributed by atoms with Gasteiger partial charge < -0.3 is 0 Å². The first-order valence-electron chi connectivity index (χ1n) is 13.4. The molecule has 0 aliphatic carbocycles. The van der Waals surface area contributed by atoms with Crippen molar-refractivity contribution in [3.63, 3.8) is 0 Å². The average molecular weight is 548 g/mol. The van der Waals surface area contributed by atoms with Crippen LogP contribution >= 0.6 is 11.3 Å². The molecule has 7 heteroatoms. The zero-order valence-corrected chi connectivity index (χ0v) is 23.3. The Balaban J connectivity index is 1.36. The van der Waals surface area contributed by atoms with Crippen molar-refractivity contribution in [3.8, 4) is 22.5 Å². The van der Waals surface area contributed by atoms with Crippen LogP contribution in [0.1, 0.15) is 34.1 Å². The number of aromatic nitrogens is 3. The van der Waals surface area contributed by atoms with Gasteiger partial charge in [-0.2, -0.15) is 0 Å². The van der Waals surface area contributed by atoms with Crippen LogP contribution in [0, 0.1) is 6.92 Å². The van der Waals surface area contributed by atoms with E-state index in [-0.39, 0.29) is 5.56 Å². The Kier molecular flexibility index (Phi) is 7.05. The maximum absolute atomic E-state index is 13.9. The molecule has 1 N–H and O–H groups in total. The van der Waals surface area contributed by atoms with Gasteiger partial charge in [-0.25, -0.2) is 4.79 Å². The Morgan fingerprint density at radius 2 is 1.60 bits per heavy atom. The van der Waals surface area contributed by atoms with E-state index in [1.54, 1.807) is 11.3 Å². The Hall–Kier alpha value is -4.49. The maximum Gasteiger partial charge on any atom is 0.439 e. The van der Waals surface area contributed by atoms with E-state index >= 15 is 0 Å². The zero-order valence-electron chi connectivity index (χ0n) is 22.4. The molecule has 0 amide bonds. The molecule has 0 saturated heterocycles. The van der Waals surface area contributed by atoms with Gasteiger partial charge in [-0.05, 0) is 60.1 Å². The lowest BCUT2D eigenvalue weighted by atomic mass is 9.98. The number of benzene rings is 3. The first kappa shape index (κ1) is 25.8. The highest BCUT2D eigenvalue weighted by molar-refractivity contribution is 7.18. The van der Waals surface area contributed by atoms with Crippen LogP contribution in [-0.2, 0) is 25.8 Å². The first-order chi connectivity index (χ1) is 19.5. The molecule has 40 heavy (non-hydrogen) atoms. The van der Waals surface area contributed by atoms with Gasteiger partial charge in [-0.3, -0.25) is 18.9 Å². The van der Waals surface area contributed by atoms with Crippen molar-refractivity contribution in [2.45, 2.75) is 39.7 Å². The van der Waals surface area contributed by atoms with Gasteiger partial charge in [0.05, 0.1) is 6.54 Å². The molecule has 6 nitrogen and oxygen atoms in total. The van der Waals surface area contributed by atoms with Crippen molar-refractivity contribution in [3.05, 3.63) is 133 Å². The van der Waals surface area contributed by atoms with Gasteiger partial charge in [0.2, 0.25) is 0 Å². The van der Waals surface area contributed by atoms with Crippen molar-refractivity contribution in [1.82, 2.24) is 14.7 Å². The Morgan fingerprint density at radius 1 is 0.875 bits per heavy atom. The van der Waals surface area contributed by atoms with E-state index < -0.39 is 5.76 Å². The zero-order chi connectivity index (χ0) is 27.6. The summed E-state index contributed by atoms with van der Waals surface area (Å²) in [5.74, 6) is -0.191. The molecule has 200 valence electrons. The lowest BCUT2D eigenvalue weighted by molar-refractivity contribution is 0.388. The molecule has 0 bridgehead atoms. The average Bonchev–Trinajstić information content (AvgIpc) is 3.63. The van der Waals surface area contributed by atoms with Crippen LogP contribution in [0.2, 0.25) is 0 Å². The molecule has 0 atom stereocenters. The molecule has 0 spiro atoms. The van der Waals surface area contributed by atoms with Crippen molar-refractivity contribution in [1.29, 1.82) is 0 Å². The number of aryl methyl sites for hydroxylation is 3. The number of H-pyrrole nitrogens is 1. The molecule has 0 fully saturated rings. The van der Waals surface area contributed by atoms with E-state index in [4.69, 9.17) is 4.52 Å². The van der Waals surface area contributed by atoms with Gasteiger partial charge in [0, 0.05) is 21.4 Å². The topological polar surface area (TPSA) is 80.9 Å². The maximum atomic E-state index is 13.9. The highest BCUT2D eigenvalue weighted by Crippen LogP contribution is 2.32. The molecule has 0 aliphatic rings. The van der Waals surface area contributed by atoms with E-state index in [2.05, 4.69) is 54.3 Å².